The van der Waals surface area contributed by atoms with Gasteiger partial charge in [0.25, 0.3) is 5.91 Å². The predicted molar refractivity (Wildman–Crippen MR) is 143 cm³/mol. The Balaban J connectivity index is 1.47. The lowest BCUT2D eigenvalue weighted by Crippen LogP contribution is -2.12. The minimum atomic E-state index is -0.212. The van der Waals surface area contributed by atoms with E-state index >= 15 is 0 Å². The third-order valence-electron chi connectivity index (χ3n) is 6.50. The van der Waals surface area contributed by atoms with Crippen LogP contribution in [0, 0.1) is 0 Å². The van der Waals surface area contributed by atoms with E-state index in [9.17, 15) is 4.79 Å². The smallest absolute Gasteiger partial charge is 0.267 e. The lowest BCUT2D eigenvalue weighted by molar-refractivity contribution is 0.103. The zero-order chi connectivity index (χ0) is 23.2. The lowest BCUT2D eigenvalue weighted by Gasteiger charge is -2.20. The standard InChI is InChI=1S/C28H22ClN3OS/c29-19-12-9-17(10-13-19)23-21-7-3-4-8-22(21)32-28-24(23)25(30)26(34-28)27(33)31-20-14-11-16-5-1-2-6-18(16)15-20/h1-2,5-6,9-15H,3-4,7-8,30H2,(H,31,33). The molecule has 0 fully saturated rings. The summed E-state index contributed by atoms with van der Waals surface area (Å²) in [7, 11) is 0. The highest BCUT2D eigenvalue weighted by molar-refractivity contribution is 7.21. The maximum atomic E-state index is 13.3. The number of hydrogen-bond donors (Lipinski definition) is 2. The summed E-state index contributed by atoms with van der Waals surface area (Å²) < 4.78 is 0. The van der Waals surface area contributed by atoms with Gasteiger partial charge in [0.05, 0.1) is 5.69 Å². The summed E-state index contributed by atoms with van der Waals surface area (Å²) in [6.07, 6.45) is 4.16. The summed E-state index contributed by atoms with van der Waals surface area (Å²) in [4.78, 5) is 19.6. The Morgan fingerprint density at radius 3 is 2.56 bits per heavy atom. The molecule has 4 nitrogen and oxygen atoms in total. The van der Waals surface area contributed by atoms with Crippen LogP contribution in [0.4, 0.5) is 11.4 Å². The molecular formula is C28H22ClN3OS. The van der Waals surface area contributed by atoms with Crippen LogP contribution in [-0.2, 0) is 12.8 Å². The second-order valence-electron chi connectivity index (χ2n) is 8.67. The number of thiophene rings is 1. The number of aromatic nitrogens is 1. The minimum absolute atomic E-state index is 0.212. The van der Waals surface area contributed by atoms with E-state index in [0.29, 0.717) is 15.6 Å². The van der Waals surface area contributed by atoms with Gasteiger partial charge in [0, 0.05) is 21.8 Å². The van der Waals surface area contributed by atoms with Crippen molar-refractivity contribution in [2.45, 2.75) is 25.7 Å². The molecule has 0 saturated heterocycles. The summed E-state index contributed by atoms with van der Waals surface area (Å²) in [5.41, 5.74) is 12.4. The third-order valence-corrected chi connectivity index (χ3v) is 7.85. The largest absolute Gasteiger partial charge is 0.397 e. The number of fused-ring (bicyclic) bond motifs is 3. The van der Waals surface area contributed by atoms with Crippen molar-refractivity contribution in [2.75, 3.05) is 11.1 Å². The van der Waals surface area contributed by atoms with Crippen molar-refractivity contribution in [2.24, 2.45) is 0 Å². The highest BCUT2D eigenvalue weighted by Crippen LogP contribution is 2.44. The summed E-state index contributed by atoms with van der Waals surface area (Å²) in [5.74, 6) is -0.212. The van der Waals surface area contributed by atoms with E-state index in [0.717, 1.165) is 69.2 Å². The number of carbonyl (C=O) groups is 1. The first-order valence-electron chi connectivity index (χ1n) is 11.4. The molecule has 0 bridgehead atoms. The number of amides is 1. The Hall–Kier alpha value is -3.41. The van der Waals surface area contributed by atoms with Crippen molar-refractivity contribution in [1.29, 1.82) is 0 Å². The second kappa shape index (κ2) is 8.42. The molecule has 2 aromatic heterocycles. The number of anilines is 2. The van der Waals surface area contributed by atoms with Gasteiger partial charge in [0.15, 0.2) is 0 Å². The van der Waals surface area contributed by atoms with Gasteiger partial charge in [-0.3, -0.25) is 4.79 Å². The zero-order valence-corrected chi connectivity index (χ0v) is 20.0. The highest BCUT2D eigenvalue weighted by Gasteiger charge is 2.26. The van der Waals surface area contributed by atoms with Gasteiger partial charge in [-0.05, 0) is 77.4 Å². The van der Waals surface area contributed by atoms with Crippen molar-refractivity contribution in [1.82, 2.24) is 4.98 Å². The minimum Gasteiger partial charge on any atom is -0.397 e. The molecule has 6 rings (SSSR count). The van der Waals surface area contributed by atoms with Crippen molar-refractivity contribution in [3.05, 3.63) is 87.9 Å². The van der Waals surface area contributed by atoms with E-state index in [-0.39, 0.29) is 5.91 Å². The van der Waals surface area contributed by atoms with Crippen molar-refractivity contribution in [3.8, 4) is 11.1 Å². The van der Waals surface area contributed by atoms with Crippen molar-refractivity contribution in [3.63, 3.8) is 0 Å². The van der Waals surface area contributed by atoms with Crippen LogP contribution in [0.1, 0.15) is 33.8 Å². The number of rotatable bonds is 3. The normalized spacial score (nSPS) is 13.2. The van der Waals surface area contributed by atoms with Gasteiger partial charge < -0.3 is 11.1 Å². The molecule has 6 heteroatoms. The highest BCUT2D eigenvalue weighted by atomic mass is 35.5. The predicted octanol–water partition coefficient (Wildman–Crippen LogP) is 7.48. The SMILES string of the molecule is Nc1c(C(=O)Nc2ccc3ccccc3c2)sc2nc3c(c(-c4ccc(Cl)cc4)c12)CCCC3. The van der Waals surface area contributed by atoms with Crippen LogP contribution in [-0.4, -0.2) is 10.9 Å². The monoisotopic (exact) mass is 483 g/mol. The van der Waals surface area contributed by atoms with Crippen LogP contribution in [0.5, 0.6) is 0 Å². The molecule has 0 saturated carbocycles. The van der Waals surface area contributed by atoms with E-state index in [1.54, 1.807) is 0 Å². The molecule has 0 atom stereocenters. The number of halogens is 1. The molecule has 5 aromatic rings. The van der Waals surface area contributed by atoms with Crippen LogP contribution >= 0.6 is 22.9 Å². The molecule has 1 amide bonds. The molecule has 3 aromatic carbocycles. The molecule has 0 unspecified atom stereocenters. The number of nitrogen functional groups attached to an aromatic ring is 1. The van der Waals surface area contributed by atoms with Gasteiger partial charge in [0.1, 0.15) is 9.71 Å². The summed E-state index contributed by atoms with van der Waals surface area (Å²) >= 11 is 7.53. The number of aryl methyl sites for hydroxylation is 1. The van der Waals surface area contributed by atoms with Gasteiger partial charge in [-0.15, -0.1) is 11.3 Å². The molecule has 3 N–H and O–H groups in total. The Bertz CT molecular complexity index is 1570. The molecule has 34 heavy (non-hydrogen) atoms. The molecule has 1 aliphatic rings. The molecule has 0 spiro atoms. The average molecular weight is 484 g/mol. The van der Waals surface area contributed by atoms with Gasteiger partial charge in [-0.2, -0.15) is 0 Å². The number of hydrogen-bond acceptors (Lipinski definition) is 4. The van der Waals surface area contributed by atoms with E-state index in [4.69, 9.17) is 22.3 Å². The molecule has 1 aliphatic carbocycles. The molecule has 168 valence electrons. The topological polar surface area (TPSA) is 68.0 Å². The third kappa shape index (κ3) is 3.61. The van der Waals surface area contributed by atoms with E-state index in [1.165, 1.54) is 16.9 Å². The van der Waals surface area contributed by atoms with Crippen molar-refractivity contribution < 1.29 is 4.79 Å². The maximum absolute atomic E-state index is 13.3. The van der Waals surface area contributed by atoms with E-state index in [1.807, 2.05) is 60.7 Å². The Labute approximate surface area is 206 Å². The van der Waals surface area contributed by atoms with Crippen molar-refractivity contribution >= 4 is 61.2 Å². The van der Waals surface area contributed by atoms with Crippen LogP contribution in [0.2, 0.25) is 5.02 Å². The molecule has 0 radical (unpaired) electrons. The number of nitrogens with zero attached hydrogens (tertiary/aromatic N) is 1. The zero-order valence-electron chi connectivity index (χ0n) is 18.4. The first kappa shape index (κ1) is 21.1. The van der Waals surface area contributed by atoms with Crippen LogP contribution in [0.15, 0.2) is 66.7 Å². The Kier molecular flexibility index (Phi) is 5.24. The van der Waals surface area contributed by atoms with Crippen LogP contribution in [0.25, 0.3) is 32.1 Å². The summed E-state index contributed by atoms with van der Waals surface area (Å²) in [6, 6.07) is 21.8. The van der Waals surface area contributed by atoms with Crippen LogP contribution < -0.4 is 11.1 Å². The fourth-order valence-electron chi connectivity index (χ4n) is 4.87. The second-order valence-corrected chi connectivity index (χ2v) is 10.1. The maximum Gasteiger partial charge on any atom is 0.267 e. The van der Waals surface area contributed by atoms with E-state index in [2.05, 4.69) is 11.4 Å². The number of nitrogens with one attached hydrogen (secondary N) is 1. The Morgan fingerprint density at radius 2 is 1.74 bits per heavy atom. The van der Waals surface area contributed by atoms with Gasteiger partial charge in [0.2, 0.25) is 0 Å². The first-order chi connectivity index (χ1) is 16.6. The number of benzene rings is 3. The molecule has 0 aliphatic heterocycles. The Morgan fingerprint density at radius 1 is 0.971 bits per heavy atom. The molecular weight excluding hydrogens is 462 g/mol. The molecule has 2 heterocycles. The fraction of sp³-hybridized carbons (Fsp3) is 0.143. The fourth-order valence-corrected chi connectivity index (χ4v) is 6.01. The average Bonchev–Trinajstić information content (AvgIpc) is 3.19. The van der Waals surface area contributed by atoms with Gasteiger partial charge in [-0.25, -0.2) is 4.98 Å². The first-order valence-corrected chi connectivity index (χ1v) is 12.6. The van der Waals surface area contributed by atoms with Crippen LogP contribution in [0.3, 0.4) is 0 Å². The summed E-state index contributed by atoms with van der Waals surface area (Å²) in [6.45, 7) is 0. The lowest BCUT2D eigenvalue weighted by atomic mass is 9.87. The number of carbonyl (C=O) groups excluding carboxylic acids is 1. The van der Waals surface area contributed by atoms with E-state index < -0.39 is 0 Å². The quantitative estimate of drug-likeness (QED) is 0.279. The number of nitrogens with two attached hydrogens (primary N) is 1. The van der Waals surface area contributed by atoms with Gasteiger partial charge in [-0.1, -0.05) is 54.1 Å². The van der Waals surface area contributed by atoms with Gasteiger partial charge >= 0.3 is 0 Å². The number of pyridine rings is 1. The summed E-state index contributed by atoms with van der Waals surface area (Å²) in [5, 5.41) is 6.80.